The Morgan fingerprint density at radius 3 is 2.44 bits per heavy atom. The molecule has 1 aromatic rings. The molecule has 0 amide bonds. The van der Waals surface area contributed by atoms with Gasteiger partial charge in [-0.25, -0.2) is 4.98 Å². The molecule has 0 bridgehead atoms. The minimum absolute atomic E-state index is 0.0627. The van der Waals surface area contributed by atoms with Crippen LogP contribution in [0.4, 0.5) is 0 Å². The monoisotopic (exact) mass is 241 g/mol. The van der Waals surface area contributed by atoms with E-state index in [0.29, 0.717) is 23.4 Å². The number of rotatable bonds is 3. The van der Waals surface area contributed by atoms with E-state index in [2.05, 4.69) is 39.6 Å². The first kappa shape index (κ1) is 13.3. The molecule has 0 radical (unpaired) electrons. The van der Waals surface area contributed by atoms with E-state index in [1.54, 1.807) is 0 Å². The Bertz CT molecular complexity index is 355. The molecule has 0 aromatic carbocycles. The third-order valence-corrected chi connectivity index (χ3v) is 2.50. The van der Waals surface area contributed by atoms with E-state index in [1.807, 2.05) is 12.3 Å². The number of hydrogen-bond acceptors (Lipinski definition) is 2. The summed E-state index contributed by atoms with van der Waals surface area (Å²) in [7, 11) is 0. The van der Waals surface area contributed by atoms with Crippen molar-refractivity contribution in [3.63, 3.8) is 0 Å². The van der Waals surface area contributed by atoms with Crippen molar-refractivity contribution in [3.05, 3.63) is 22.8 Å². The smallest absolute Gasteiger partial charge is 0.232 e. The highest BCUT2D eigenvalue weighted by Gasteiger charge is 2.16. The molecule has 0 aliphatic heterocycles. The lowest BCUT2D eigenvalue weighted by Gasteiger charge is -2.19. The van der Waals surface area contributed by atoms with Gasteiger partial charge in [-0.15, -0.1) is 0 Å². The zero-order valence-electron chi connectivity index (χ0n) is 10.7. The van der Waals surface area contributed by atoms with Gasteiger partial charge in [0.15, 0.2) is 0 Å². The lowest BCUT2D eigenvalue weighted by atomic mass is 9.88. The van der Waals surface area contributed by atoms with Gasteiger partial charge in [0.1, 0.15) is 5.02 Å². The lowest BCUT2D eigenvalue weighted by Crippen LogP contribution is -2.12. The van der Waals surface area contributed by atoms with Crippen LogP contribution < -0.4 is 4.74 Å². The predicted octanol–water partition coefficient (Wildman–Crippen LogP) is 4.07. The van der Waals surface area contributed by atoms with Gasteiger partial charge in [0.2, 0.25) is 5.88 Å². The Labute approximate surface area is 103 Å². The van der Waals surface area contributed by atoms with Gasteiger partial charge >= 0.3 is 0 Å². The molecule has 0 atom stereocenters. The second kappa shape index (κ2) is 5.05. The van der Waals surface area contributed by atoms with Gasteiger partial charge in [0.05, 0.1) is 6.61 Å². The quantitative estimate of drug-likeness (QED) is 0.796. The van der Waals surface area contributed by atoms with Crippen molar-refractivity contribution in [3.8, 4) is 5.88 Å². The van der Waals surface area contributed by atoms with Crippen LogP contribution in [0.5, 0.6) is 5.88 Å². The Hall–Kier alpha value is -0.760. The van der Waals surface area contributed by atoms with Crippen molar-refractivity contribution in [1.82, 2.24) is 4.98 Å². The molecule has 0 fully saturated rings. The molecule has 3 heteroatoms. The summed E-state index contributed by atoms with van der Waals surface area (Å²) in [6.45, 7) is 11.2. The molecule has 90 valence electrons. The maximum absolute atomic E-state index is 6.13. The molecule has 0 saturated heterocycles. The first-order chi connectivity index (χ1) is 7.30. The van der Waals surface area contributed by atoms with E-state index in [9.17, 15) is 0 Å². The number of nitrogens with zero attached hydrogens (tertiary/aromatic N) is 1. The first-order valence-electron chi connectivity index (χ1n) is 5.59. The molecule has 0 N–H and O–H groups in total. The minimum Gasteiger partial charge on any atom is -0.476 e. The highest BCUT2D eigenvalue weighted by atomic mass is 35.5. The maximum Gasteiger partial charge on any atom is 0.232 e. The topological polar surface area (TPSA) is 22.1 Å². The van der Waals surface area contributed by atoms with E-state index in [0.717, 1.165) is 5.56 Å². The zero-order chi connectivity index (χ0) is 12.3. The summed E-state index contributed by atoms with van der Waals surface area (Å²) in [5, 5.41) is 0.591. The van der Waals surface area contributed by atoms with Crippen molar-refractivity contribution in [1.29, 1.82) is 0 Å². The van der Waals surface area contributed by atoms with Crippen LogP contribution >= 0.6 is 11.6 Å². The van der Waals surface area contributed by atoms with Crippen LogP contribution in [0.2, 0.25) is 5.02 Å². The minimum atomic E-state index is 0.0627. The standard InChI is InChI=1S/C13H20ClNO/c1-9(2)8-16-12-11(14)6-10(7-15-12)13(3,4)5/h6-7,9H,8H2,1-5H3. The number of hydrogen-bond donors (Lipinski definition) is 0. The van der Waals surface area contributed by atoms with Gasteiger partial charge in [-0.3, -0.25) is 0 Å². The van der Waals surface area contributed by atoms with Gasteiger partial charge in [-0.1, -0.05) is 46.2 Å². The van der Waals surface area contributed by atoms with Gasteiger partial charge in [0.25, 0.3) is 0 Å². The summed E-state index contributed by atoms with van der Waals surface area (Å²) >= 11 is 6.13. The third-order valence-electron chi connectivity index (χ3n) is 2.23. The summed E-state index contributed by atoms with van der Waals surface area (Å²) in [5.74, 6) is 1.00. The van der Waals surface area contributed by atoms with E-state index in [-0.39, 0.29) is 5.41 Å². The highest BCUT2D eigenvalue weighted by molar-refractivity contribution is 6.31. The van der Waals surface area contributed by atoms with E-state index < -0.39 is 0 Å². The van der Waals surface area contributed by atoms with Crippen LogP contribution in [0.15, 0.2) is 12.3 Å². The van der Waals surface area contributed by atoms with Crippen LogP contribution in [0.25, 0.3) is 0 Å². The first-order valence-corrected chi connectivity index (χ1v) is 5.97. The number of halogens is 1. The summed E-state index contributed by atoms with van der Waals surface area (Å²) < 4.78 is 5.52. The second-order valence-electron chi connectivity index (χ2n) is 5.47. The number of aromatic nitrogens is 1. The zero-order valence-corrected chi connectivity index (χ0v) is 11.4. The summed E-state index contributed by atoms with van der Waals surface area (Å²) in [5.41, 5.74) is 1.18. The Morgan fingerprint density at radius 2 is 2.00 bits per heavy atom. The SMILES string of the molecule is CC(C)COc1ncc(C(C)(C)C)cc1Cl. The third kappa shape index (κ3) is 3.67. The Balaban J connectivity index is 2.84. The van der Waals surface area contributed by atoms with E-state index in [4.69, 9.17) is 16.3 Å². The van der Waals surface area contributed by atoms with Crippen LogP contribution in [-0.2, 0) is 5.41 Å². The molecule has 0 aliphatic rings. The largest absolute Gasteiger partial charge is 0.476 e. The van der Waals surface area contributed by atoms with Crippen LogP contribution in [0, 0.1) is 5.92 Å². The molecule has 0 aliphatic carbocycles. The lowest BCUT2D eigenvalue weighted by molar-refractivity contribution is 0.261. The number of ether oxygens (including phenoxy) is 1. The second-order valence-corrected chi connectivity index (χ2v) is 5.87. The van der Waals surface area contributed by atoms with Gasteiger partial charge in [-0.05, 0) is 23.0 Å². The number of pyridine rings is 1. The molecule has 0 spiro atoms. The molecule has 1 aromatic heterocycles. The van der Waals surface area contributed by atoms with Crippen molar-refractivity contribution < 1.29 is 4.74 Å². The molecule has 0 saturated carbocycles. The summed E-state index contributed by atoms with van der Waals surface area (Å²) in [6, 6.07) is 1.93. The maximum atomic E-state index is 6.13. The summed E-state index contributed by atoms with van der Waals surface area (Å²) in [6.07, 6.45) is 1.83. The average molecular weight is 242 g/mol. The molecule has 1 rings (SSSR count). The van der Waals surface area contributed by atoms with Gasteiger partial charge < -0.3 is 4.74 Å². The fraction of sp³-hybridized carbons (Fsp3) is 0.615. The van der Waals surface area contributed by atoms with Crippen molar-refractivity contribution in [2.45, 2.75) is 40.0 Å². The molecular weight excluding hydrogens is 222 g/mol. The molecule has 1 heterocycles. The van der Waals surface area contributed by atoms with Crippen LogP contribution in [0.3, 0.4) is 0 Å². The molecular formula is C13H20ClNO. The molecule has 2 nitrogen and oxygen atoms in total. The normalized spacial score (nSPS) is 11.9. The van der Waals surface area contributed by atoms with Gasteiger partial charge in [0, 0.05) is 6.20 Å². The summed E-state index contributed by atoms with van der Waals surface area (Å²) in [4.78, 5) is 4.26. The Morgan fingerprint density at radius 1 is 1.38 bits per heavy atom. The van der Waals surface area contributed by atoms with Crippen molar-refractivity contribution in [2.75, 3.05) is 6.61 Å². The fourth-order valence-corrected chi connectivity index (χ4v) is 1.41. The highest BCUT2D eigenvalue weighted by Crippen LogP contribution is 2.29. The molecule has 16 heavy (non-hydrogen) atoms. The average Bonchev–Trinajstić information content (AvgIpc) is 2.14. The van der Waals surface area contributed by atoms with Crippen molar-refractivity contribution in [2.24, 2.45) is 5.92 Å². The van der Waals surface area contributed by atoms with Crippen molar-refractivity contribution >= 4 is 11.6 Å². The van der Waals surface area contributed by atoms with Gasteiger partial charge in [-0.2, -0.15) is 0 Å². The van der Waals surface area contributed by atoms with Crippen LogP contribution in [-0.4, -0.2) is 11.6 Å². The predicted molar refractivity (Wildman–Crippen MR) is 68.3 cm³/mol. The van der Waals surface area contributed by atoms with E-state index >= 15 is 0 Å². The van der Waals surface area contributed by atoms with Crippen LogP contribution in [0.1, 0.15) is 40.2 Å². The Kier molecular flexibility index (Phi) is 4.20. The van der Waals surface area contributed by atoms with E-state index in [1.165, 1.54) is 0 Å². The molecule has 0 unspecified atom stereocenters. The fourth-order valence-electron chi connectivity index (χ4n) is 1.19.